The van der Waals surface area contributed by atoms with E-state index in [0.29, 0.717) is 15.6 Å². The van der Waals surface area contributed by atoms with Gasteiger partial charge in [-0.1, -0.05) is 47.5 Å². The molecular formula is C15H13Cl2FO. The maximum atomic E-state index is 13.8. The lowest BCUT2D eigenvalue weighted by molar-refractivity contribution is 0.0568. The lowest BCUT2D eigenvalue weighted by Crippen LogP contribution is -2.25. The van der Waals surface area contributed by atoms with E-state index in [0.717, 1.165) is 0 Å². The quantitative estimate of drug-likeness (QED) is 0.879. The van der Waals surface area contributed by atoms with Crippen LogP contribution in [0.25, 0.3) is 0 Å². The van der Waals surface area contributed by atoms with Crippen LogP contribution in [-0.4, -0.2) is 5.11 Å². The van der Waals surface area contributed by atoms with Crippen molar-refractivity contribution in [1.82, 2.24) is 0 Å². The molecule has 1 unspecified atom stereocenters. The van der Waals surface area contributed by atoms with E-state index in [4.69, 9.17) is 23.2 Å². The lowest BCUT2D eigenvalue weighted by Gasteiger charge is -2.25. The van der Waals surface area contributed by atoms with Crippen LogP contribution in [0, 0.1) is 5.82 Å². The first kappa shape index (κ1) is 14.3. The molecule has 100 valence electrons. The van der Waals surface area contributed by atoms with Crippen LogP contribution in [-0.2, 0) is 12.0 Å². The molecule has 0 bridgehead atoms. The summed E-state index contributed by atoms with van der Waals surface area (Å²) in [7, 11) is 0. The molecule has 0 aromatic heterocycles. The maximum absolute atomic E-state index is 13.8. The van der Waals surface area contributed by atoms with Crippen molar-refractivity contribution in [2.75, 3.05) is 0 Å². The standard InChI is InChI=1S/C15H13Cl2FO/c1-15(19,11-5-2-3-6-13(11)17)9-10-12(16)7-4-8-14(10)18/h2-8,19H,9H2,1H3. The third kappa shape index (κ3) is 3.08. The Labute approximate surface area is 121 Å². The van der Waals surface area contributed by atoms with Crippen LogP contribution in [0.2, 0.25) is 10.0 Å². The Hall–Kier alpha value is -1.09. The number of hydrogen-bond donors (Lipinski definition) is 1. The number of halogens is 3. The molecule has 0 aliphatic carbocycles. The summed E-state index contributed by atoms with van der Waals surface area (Å²) in [5.74, 6) is -0.431. The molecule has 0 aliphatic rings. The summed E-state index contributed by atoms with van der Waals surface area (Å²) >= 11 is 12.0. The van der Waals surface area contributed by atoms with E-state index in [2.05, 4.69) is 0 Å². The van der Waals surface area contributed by atoms with Gasteiger partial charge >= 0.3 is 0 Å². The first-order valence-corrected chi connectivity index (χ1v) is 6.57. The minimum atomic E-state index is -1.29. The van der Waals surface area contributed by atoms with E-state index in [1.165, 1.54) is 12.1 Å². The molecule has 0 fully saturated rings. The molecule has 1 nitrogen and oxygen atoms in total. The Balaban J connectivity index is 2.39. The molecule has 2 aromatic rings. The van der Waals surface area contributed by atoms with E-state index in [-0.39, 0.29) is 12.0 Å². The van der Waals surface area contributed by atoms with Crippen molar-refractivity contribution in [2.45, 2.75) is 18.9 Å². The van der Waals surface area contributed by atoms with Crippen molar-refractivity contribution in [3.8, 4) is 0 Å². The molecular weight excluding hydrogens is 286 g/mol. The minimum absolute atomic E-state index is 0.0578. The van der Waals surface area contributed by atoms with Crippen molar-refractivity contribution < 1.29 is 9.50 Å². The van der Waals surface area contributed by atoms with Gasteiger partial charge in [-0.3, -0.25) is 0 Å². The predicted molar refractivity (Wildman–Crippen MR) is 76.1 cm³/mol. The van der Waals surface area contributed by atoms with Gasteiger partial charge in [0, 0.05) is 27.6 Å². The SMILES string of the molecule is CC(O)(Cc1c(F)cccc1Cl)c1ccccc1Cl. The highest BCUT2D eigenvalue weighted by Crippen LogP contribution is 2.33. The molecule has 19 heavy (non-hydrogen) atoms. The maximum Gasteiger partial charge on any atom is 0.128 e. The Bertz CT molecular complexity index is 576. The summed E-state index contributed by atoms with van der Waals surface area (Å²) in [6, 6.07) is 11.4. The van der Waals surface area contributed by atoms with Gasteiger partial charge in [0.05, 0.1) is 5.60 Å². The van der Waals surface area contributed by atoms with Crippen LogP contribution >= 0.6 is 23.2 Å². The number of aliphatic hydroxyl groups is 1. The third-order valence-electron chi connectivity index (χ3n) is 3.04. The molecule has 0 radical (unpaired) electrons. The van der Waals surface area contributed by atoms with E-state index < -0.39 is 11.4 Å². The molecule has 2 aromatic carbocycles. The summed E-state index contributed by atoms with van der Waals surface area (Å²) < 4.78 is 13.8. The molecule has 0 spiro atoms. The van der Waals surface area contributed by atoms with Crippen molar-refractivity contribution in [2.24, 2.45) is 0 Å². The van der Waals surface area contributed by atoms with E-state index in [9.17, 15) is 9.50 Å². The van der Waals surface area contributed by atoms with Crippen LogP contribution in [0.5, 0.6) is 0 Å². The highest BCUT2D eigenvalue weighted by Gasteiger charge is 2.28. The van der Waals surface area contributed by atoms with Crippen LogP contribution in [0.15, 0.2) is 42.5 Å². The molecule has 0 saturated carbocycles. The fraction of sp³-hybridized carbons (Fsp3) is 0.200. The molecule has 4 heteroatoms. The zero-order valence-corrected chi connectivity index (χ0v) is 11.8. The second-order valence-corrected chi connectivity index (χ2v) is 5.45. The van der Waals surface area contributed by atoms with E-state index in [1.807, 2.05) is 0 Å². The molecule has 0 saturated heterocycles. The van der Waals surface area contributed by atoms with E-state index in [1.54, 1.807) is 37.3 Å². The molecule has 0 aliphatic heterocycles. The van der Waals surface area contributed by atoms with E-state index >= 15 is 0 Å². The van der Waals surface area contributed by atoms with Gasteiger partial charge in [-0.25, -0.2) is 4.39 Å². The monoisotopic (exact) mass is 298 g/mol. The first-order chi connectivity index (χ1) is 8.92. The third-order valence-corrected chi connectivity index (χ3v) is 3.72. The molecule has 2 rings (SSSR count). The fourth-order valence-corrected chi connectivity index (χ4v) is 2.61. The minimum Gasteiger partial charge on any atom is -0.385 e. The van der Waals surface area contributed by atoms with Crippen molar-refractivity contribution in [3.05, 3.63) is 69.5 Å². The molecule has 1 N–H and O–H groups in total. The number of rotatable bonds is 3. The second kappa shape index (κ2) is 5.49. The van der Waals surface area contributed by atoms with Gasteiger partial charge in [0.15, 0.2) is 0 Å². The van der Waals surface area contributed by atoms with Gasteiger partial charge < -0.3 is 5.11 Å². The zero-order valence-electron chi connectivity index (χ0n) is 10.3. The van der Waals surface area contributed by atoms with Crippen LogP contribution in [0.1, 0.15) is 18.1 Å². The lowest BCUT2D eigenvalue weighted by atomic mass is 9.89. The molecule has 0 heterocycles. The summed E-state index contributed by atoms with van der Waals surface area (Å²) in [6.07, 6.45) is 0.0578. The highest BCUT2D eigenvalue weighted by atomic mass is 35.5. The Morgan fingerprint density at radius 1 is 1.05 bits per heavy atom. The number of hydrogen-bond acceptors (Lipinski definition) is 1. The van der Waals surface area contributed by atoms with Crippen LogP contribution in [0.3, 0.4) is 0 Å². The molecule has 1 atom stereocenters. The Morgan fingerprint density at radius 3 is 2.32 bits per heavy atom. The zero-order chi connectivity index (χ0) is 14.0. The van der Waals surface area contributed by atoms with Crippen molar-refractivity contribution in [1.29, 1.82) is 0 Å². The van der Waals surface area contributed by atoms with Gasteiger partial charge in [-0.2, -0.15) is 0 Å². The summed E-state index contributed by atoms with van der Waals surface area (Å²) in [6.45, 7) is 1.59. The number of benzene rings is 2. The Kier molecular flexibility index (Phi) is 4.14. The van der Waals surface area contributed by atoms with Gasteiger partial charge in [0.2, 0.25) is 0 Å². The topological polar surface area (TPSA) is 20.2 Å². The fourth-order valence-electron chi connectivity index (χ4n) is 2.04. The van der Waals surface area contributed by atoms with Crippen molar-refractivity contribution in [3.63, 3.8) is 0 Å². The van der Waals surface area contributed by atoms with Gasteiger partial charge in [0.25, 0.3) is 0 Å². The van der Waals surface area contributed by atoms with Gasteiger partial charge in [0.1, 0.15) is 5.82 Å². The van der Waals surface area contributed by atoms with Crippen LogP contribution in [0.4, 0.5) is 4.39 Å². The highest BCUT2D eigenvalue weighted by molar-refractivity contribution is 6.31. The van der Waals surface area contributed by atoms with Crippen molar-refractivity contribution >= 4 is 23.2 Å². The summed E-state index contributed by atoms with van der Waals surface area (Å²) in [4.78, 5) is 0. The largest absolute Gasteiger partial charge is 0.385 e. The Morgan fingerprint density at radius 2 is 1.68 bits per heavy atom. The average Bonchev–Trinajstić information content (AvgIpc) is 2.34. The summed E-state index contributed by atoms with van der Waals surface area (Å²) in [5, 5.41) is 11.3. The smallest absolute Gasteiger partial charge is 0.128 e. The van der Waals surface area contributed by atoms with Gasteiger partial charge in [-0.15, -0.1) is 0 Å². The van der Waals surface area contributed by atoms with Gasteiger partial charge in [-0.05, 0) is 25.1 Å². The normalized spacial score (nSPS) is 14.2. The first-order valence-electron chi connectivity index (χ1n) is 5.82. The average molecular weight is 299 g/mol. The molecule has 0 amide bonds. The van der Waals surface area contributed by atoms with Crippen LogP contribution < -0.4 is 0 Å². The predicted octanol–water partition coefficient (Wildman–Crippen LogP) is 4.58. The summed E-state index contributed by atoms with van der Waals surface area (Å²) in [5.41, 5.74) is -0.449. The second-order valence-electron chi connectivity index (χ2n) is 4.63.